The molecule has 7 nitrogen and oxygen atoms in total. The number of hydrogen-bond donors (Lipinski definition) is 2. The van der Waals surface area contributed by atoms with Crippen LogP contribution in [0.4, 0.5) is 11.4 Å². The van der Waals surface area contributed by atoms with Crippen molar-refractivity contribution in [1.29, 1.82) is 0 Å². The summed E-state index contributed by atoms with van der Waals surface area (Å²) in [4.78, 5) is 10.2. The number of nitro benzene ring substituents is 1. The zero-order valence-electron chi connectivity index (χ0n) is 11.5. The van der Waals surface area contributed by atoms with Gasteiger partial charge in [-0.15, -0.1) is 0 Å². The van der Waals surface area contributed by atoms with Crippen molar-refractivity contribution in [3.8, 4) is 11.5 Å². The molecule has 0 aliphatic rings. The molecule has 0 saturated heterocycles. The van der Waals surface area contributed by atoms with Gasteiger partial charge in [-0.3, -0.25) is 15.5 Å². The fourth-order valence-corrected chi connectivity index (χ4v) is 1.95. The lowest BCUT2D eigenvalue weighted by Gasteiger charge is -2.05. The Morgan fingerprint density at radius 1 is 1.36 bits per heavy atom. The average Bonchev–Trinajstić information content (AvgIpc) is 2.50. The minimum absolute atomic E-state index is 0.0132. The van der Waals surface area contributed by atoms with Crippen LogP contribution in [0.5, 0.6) is 11.5 Å². The summed E-state index contributed by atoms with van der Waals surface area (Å²) in [7, 11) is 1.32. The summed E-state index contributed by atoms with van der Waals surface area (Å²) >= 11 is 3.33. The fourth-order valence-electron chi connectivity index (χ4n) is 1.69. The molecule has 2 rings (SSSR count). The summed E-state index contributed by atoms with van der Waals surface area (Å²) in [5.74, 6) is -0.496. The standard InChI is InChI=1S/C14H12BrN3O4/c1-22-13-7-9(6-12(14(13)19)18(20)21)8-16-17-11-4-2-10(15)3-5-11/h2-8,17,19H,1H3/b16-8-. The number of nitrogens with zero attached hydrogens (tertiary/aromatic N) is 2. The van der Waals surface area contributed by atoms with Crippen LogP contribution in [0, 0.1) is 10.1 Å². The van der Waals surface area contributed by atoms with Crippen molar-refractivity contribution >= 4 is 33.5 Å². The first kappa shape index (κ1) is 15.8. The Morgan fingerprint density at radius 3 is 2.64 bits per heavy atom. The Balaban J connectivity index is 2.21. The van der Waals surface area contributed by atoms with Crippen molar-refractivity contribution in [2.45, 2.75) is 0 Å². The van der Waals surface area contributed by atoms with E-state index in [2.05, 4.69) is 26.5 Å². The number of hydrogen-bond acceptors (Lipinski definition) is 6. The fraction of sp³-hybridized carbons (Fsp3) is 0.0714. The summed E-state index contributed by atoms with van der Waals surface area (Å²) in [6, 6.07) is 10.0. The van der Waals surface area contributed by atoms with Crippen LogP contribution in [0.1, 0.15) is 5.56 Å². The van der Waals surface area contributed by atoms with Gasteiger partial charge in [0, 0.05) is 16.1 Å². The van der Waals surface area contributed by atoms with Gasteiger partial charge < -0.3 is 9.84 Å². The van der Waals surface area contributed by atoms with Gasteiger partial charge in [-0.1, -0.05) is 15.9 Å². The molecule has 0 radical (unpaired) electrons. The van der Waals surface area contributed by atoms with Crippen molar-refractivity contribution in [2.75, 3.05) is 12.5 Å². The molecule has 0 amide bonds. The van der Waals surface area contributed by atoms with E-state index in [1.54, 1.807) is 0 Å². The second kappa shape index (κ2) is 6.90. The van der Waals surface area contributed by atoms with Gasteiger partial charge in [-0.2, -0.15) is 5.10 Å². The summed E-state index contributed by atoms with van der Waals surface area (Å²) in [6.45, 7) is 0. The highest BCUT2D eigenvalue weighted by Gasteiger charge is 2.19. The van der Waals surface area contributed by atoms with Gasteiger partial charge in [-0.05, 0) is 30.3 Å². The molecule has 114 valence electrons. The largest absolute Gasteiger partial charge is 0.500 e. The number of phenolic OH excluding ortho intramolecular Hbond substituents is 1. The van der Waals surface area contributed by atoms with E-state index in [9.17, 15) is 15.2 Å². The molecule has 0 spiro atoms. The van der Waals surface area contributed by atoms with Crippen LogP contribution in [-0.2, 0) is 0 Å². The van der Waals surface area contributed by atoms with E-state index in [-0.39, 0.29) is 5.75 Å². The second-order valence-corrected chi connectivity index (χ2v) is 5.14. The van der Waals surface area contributed by atoms with E-state index in [1.165, 1.54) is 25.5 Å². The molecule has 0 atom stereocenters. The van der Waals surface area contributed by atoms with Gasteiger partial charge in [0.1, 0.15) is 0 Å². The van der Waals surface area contributed by atoms with E-state index < -0.39 is 16.4 Å². The number of aromatic hydroxyl groups is 1. The number of ether oxygens (including phenoxy) is 1. The summed E-state index contributed by atoms with van der Waals surface area (Å²) < 4.78 is 5.86. The molecule has 0 bridgehead atoms. The Hall–Kier alpha value is -2.61. The van der Waals surface area contributed by atoms with Crippen molar-refractivity contribution in [1.82, 2.24) is 0 Å². The molecule has 0 fully saturated rings. The third-order valence-corrected chi connectivity index (χ3v) is 3.27. The first-order chi connectivity index (χ1) is 10.5. The average molecular weight is 366 g/mol. The normalized spacial score (nSPS) is 10.6. The number of benzene rings is 2. The molecule has 0 unspecified atom stereocenters. The Kier molecular flexibility index (Phi) is 4.95. The maximum absolute atomic E-state index is 10.9. The predicted molar refractivity (Wildman–Crippen MR) is 86.7 cm³/mol. The summed E-state index contributed by atoms with van der Waals surface area (Å²) in [6.07, 6.45) is 1.40. The number of phenols is 1. The molecule has 8 heteroatoms. The van der Waals surface area contributed by atoms with Crippen LogP contribution >= 0.6 is 15.9 Å². The molecule has 0 saturated carbocycles. The highest BCUT2D eigenvalue weighted by atomic mass is 79.9. The first-order valence-electron chi connectivity index (χ1n) is 6.11. The summed E-state index contributed by atoms with van der Waals surface area (Å²) in [5.41, 5.74) is 3.54. The SMILES string of the molecule is COc1cc(/C=N\Nc2ccc(Br)cc2)cc([N+](=O)[O-])c1O. The topological polar surface area (TPSA) is 97.0 Å². The molecule has 0 aliphatic heterocycles. The van der Waals surface area contributed by atoms with Gasteiger partial charge >= 0.3 is 5.69 Å². The molecule has 2 N–H and O–H groups in total. The number of hydrazone groups is 1. The quantitative estimate of drug-likeness (QED) is 0.480. The molecule has 2 aromatic rings. The second-order valence-electron chi connectivity index (χ2n) is 4.22. The number of nitro groups is 1. The number of methoxy groups -OCH3 is 1. The van der Waals surface area contributed by atoms with Crippen LogP contribution in [0.25, 0.3) is 0 Å². The maximum Gasteiger partial charge on any atom is 0.315 e. The smallest absolute Gasteiger partial charge is 0.315 e. The van der Waals surface area contributed by atoms with Crippen molar-refractivity contribution in [3.05, 3.63) is 56.5 Å². The predicted octanol–water partition coefficient (Wildman–Crippen LogP) is 3.52. The van der Waals surface area contributed by atoms with Crippen LogP contribution in [-0.4, -0.2) is 23.4 Å². The number of halogens is 1. The van der Waals surface area contributed by atoms with E-state index >= 15 is 0 Å². The van der Waals surface area contributed by atoms with Gasteiger partial charge in [0.25, 0.3) is 0 Å². The highest BCUT2D eigenvalue weighted by molar-refractivity contribution is 9.10. The molecule has 0 aromatic heterocycles. The molecule has 0 heterocycles. The lowest BCUT2D eigenvalue weighted by Crippen LogP contribution is -1.96. The van der Waals surface area contributed by atoms with Crippen LogP contribution in [0.15, 0.2) is 46.0 Å². The third-order valence-electron chi connectivity index (χ3n) is 2.75. The van der Waals surface area contributed by atoms with E-state index in [0.29, 0.717) is 5.56 Å². The Labute approximate surface area is 134 Å². The zero-order valence-corrected chi connectivity index (χ0v) is 13.1. The van der Waals surface area contributed by atoms with Gasteiger partial charge in [0.05, 0.1) is 23.9 Å². The third kappa shape index (κ3) is 3.73. The Morgan fingerprint density at radius 2 is 2.05 bits per heavy atom. The monoisotopic (exact) mass is 365 g/mol. The van der Waals surface area contributed by atoms with Crippen molar-refractivity contribution in [2.24, 2.45) is 5.10 Å². The molecule has 22 heavy (non-hydrogen) atoms. The first-order valence-corrected chi connectivity index (χ1v) is 6.90. The van der Waals surface area contributed by atoms with E-state index in [4.69, 9.17) is 4.74 Å². The lowest BCUT2D eigenvalue weighted by molar-refractivity contribution is -0.386. The van der Waals surface area contributed by atoms with Crippen molar-refractivity contribution in [3.63, 3.8) is 0 Å². The maximum atomic E-state index is 10.9. The van der Waals surface area contributed by atoms with Gasteiger partial charge in [-0.25, -0.2) is 0 Å². The number of rotatable bonds is 5. The lowest BCUT2D eigenvalue weighted by atomic mass is 10.2. The van der Waals surface area contributed by atoms with Crippen LogP contribution in [0.3, 0.4) is 0 Å². The molecule has 0 aliphatic carbocycles. The molecular weight excluding hydrogens is 354 g/mol. The van der Waals surface area contributed by atoms with E-state index in [0.717, 1.165) is 10.2 Å². The highest BCUT2D eigenvalue weighted by Crippen LogP contribution is 2.36. The number of nitrogens with one attached hydrogen (secondary N) is 1. The van der Waals surface area contributed by atoms with Crippen LogP contribution in [0.2, 0.25) is 0 Å². The molecule has 2 aromatic carbocycles. The van der Waals surface area contributed by atoms with E-state index in [1.807, 2.05) is 24.3 Å². The van der Waals surface area contributed by atoms with Gasteiger partial charge in [0.15, 0.2) is 5.75 Å². The minimum atomic E-state index is -0.683. The Bertz CT molecular complexity index is 717. The van der Waals surface area contributed by atoms with Gasteiger partial charge in [0.2, 0.25) is 5.75 Å². The minimum Gasteiger partial charge on any atom is -0.500 e. The zero-order chi connectivity index (χ0) is 16.1. The van der Waals surface area contributed by atoms with Crippen molar-refractivity contribution < 1.29 is 14.8 Å². The molecular formula is C14H12BrN3O4. The van der Waals surface area contributed by atoms with Crippen LogP contribution < -0.4 is 10.2 Å². The number of anilines is 1. The summed E-state index contributed by atoms with van der Waals surface area (Å²) in [5, 5.41) is 24.6.